The molecule has 0 saturated carbocycles. The standard InChI is InChI=1S/C15H15NO3/c1-10-9-12(17)5-8-14(10)16-15(18)11-3-6-13(19-2)7-4-11/h3-9,17H,1-2H3,(H,16,18). The molecule has 0 radical (unpaired) electrons. The molecule has 2 rings (SSSR count). The van der Waals surface area contributed by atoms with E-state index in [0.29, 0.717) is 17.0 Å². The van der Waals surface area contributed by atoms with Crippen molar-refractivity contribution in [1.29, 1.82) is 0 Å². The first-order valence-corrected chi connectivity index (χ1v) is 5.85. The number of hydrogen-bond acceptors (Lipinski definition) is 3. The van der Waals surface area contributed by atoms with Crippen molar-refractivity contribution in [1.82, 2.24) is 0 Å². The normalized spacial score (nSPS) is 10.0. The van der Waals surface area contributed by atoms with Crippen molar-refractivity contribution in [2.24, 2.45) is 0 Å². The number of rotatable bonds is 3. The van der Waals surface area contributed by atoms with E-state index in [2.05, 4.69) is 5.32 Å². The third kappa shape index (κ3) is 3.04. The molecule has 19 heavy (non-hydrogen) atoms. The number of aromatic hydroxyl groups is 1. The lowest BCUT2D eigenvalue weighted by Gasteiger charge is -2.09. The van der Waals surface area contributed by atoms with Crippen molar-refractivity contribution >= 4 is 11.6 Å². The molecule has 2 aromatic rings. The summed E-state index contributed by atoms with van der Waals surface area (Å²) in [4.78, 5) is 12.0. The Kier molecular flexibility index (Phi) is 3.71. The number of methoxy groups -OCH3 is 1. The number of ether oxygens (including phenoxy) is 1. The van der Waals surface area contributed by atoms with E-state index < -0.39 is 0 Å². The number of phenols is 1. The van der Waals surface area contributed by atoms with Gasteiger partial charge in [-0.1, -0.05) is 0 Å². The van der Waals surface area contributed by atoms with Crippen LogP contribution < -0.4 is 10.1 Å². The van der Waals surface area contributed by atoms with Crippen molar-refractivity contribution in [2.75, 3.05) is 12.4 Å². The summed E-state index contributed by atoms with van der Waals surface area (Å²) in [6.07, 6.45) is 0. The van der Waals surface area contributed by atoms with E-state index in [-0.39, 0.29) is 11.7 Å². The Labute approximate surface area is 111 Å². The maximum atomic E-state index is 12.0. The van der Waals surface area contributed by atoms with Gasteiger partial charge < -0.3 is 15.2 Å². The Bertz CT molecular complexity index is 591. The molecule has 4 heteroatoms. The van der Waals surface area contributed by atoms with E-state index in [1.165, 1.54) is 6.07 Å². The summed E-state index contributed by atoms with van der Waals surface area (Å²) in [7, 11) is 1.58. The minimum atomic E-state index is -0.198. The van der Waals surface area contributed by atoms with Gasteiger partial charge in [-0.2, -0.15) is 0 Å². The van der Waals surface area contributed by atoms with Crippen LogP contribution in [0.4, 0.5) is 5.69 Å². The lowest BCUT2D eigenvalue weighted by atomic mass is 10.1. The van der Waals surface area contributed by atoms with Crippen LogP contribution in [0.3, 0.4) is 0 Å². The van der Waals surface area contributed by atoms with E-state index in [0.717, 1.165) is 5.56 Å². The van der Waals surface area contributed by atoms with Gasteiger partial charge in [0.15, 0.2) is 0 Å². The summed E-state index contributed by atoms with van der Waals surface area (Å²) in [5.41, 5.74) is 2.04. The topological polar surface area (TPSA) is 58.6 Å². The predicted molar refractivity (Wildman–Crippen MR) is 73.8 cm³/mol. The fourth-order valence-corrected chi connectivity index (χ4v) is 1.72. The summed E-state index contributed by atoms with van der Waals surface area (Å²) >= 11 is 0. The van der Waals surface area contributed by atoms with Gasteiger partial charge in [0.05, 0.1) is 7.11 Å². The second kappa shape index (κ2) is 5.44. The molecule has 0 unspecified atom stereocenters. The number of carbonyl (C=O) groups excluding carboxylic acids is 1. The molecular weight excluding hydrogens is 242 g/mol. The minimum absolute atomic E-state index is 0.181. The Morgan fingerprint density at radius 2 is 1.84 bits per heavy atom. The van der Waals surface area contributed by atoms with Gasteiger partial charge in [0.2, 0.25) is 0 Å². The summed E-state index contributed by atoms with van der Waals surface area (Å²) in [6, 6.07) is 11.7. The molecule has 0 saturated heterocycles. The first-order valence-electron chi connectivity index (χ1n) is 5.85. The molecule has 1 amide bonds. The Balaban J connectivity index is 2.15. The number of carbonyl (C=O) groups is 1. The predicted octanol–water partition coefficient (Wildman–Crippen LogP) is 2.96. The van der Waals surface area contributed by atoms with Crippen LogP contribution in [0.1, 0.15) is 15.9 Å². The minimum Gasteiger partial charge on any atom is -0.508 e. The first-order chi connectivity index (χ1) is 9.10. The maximum absolute atomic E-state index is 12.0. The van der Waals surface area contributed by atoms with Gasteiger partial charge in [-0.05, 0) is 55.0 Å². The van der Waals surface area contributed by atoms with Gasteiger partial charge in [-0.3, -0.25) is 4.79 Å². The van der Waals surface area contributed by atoms with Crippen LogP contribution in [0.2, 0.25) is 0 Å². The third-order valence-corrected chi connectivity index (χ3v) is 2.81. The number of anilines is 1. The Morgan fingerprint density at radius 3 is 2.42 bits per heavy atom. The molecule has 0 bridgehead atoms. The van der Waals surface area contributed by atoms with Gasteiger partial charge in [0.25, 0.3) is 5.91 Å². The van der Waals surface area contributed by atoms with Gasteiger partial charge >= 0.3 is 0 Å². The number of nitrogens with one attached hydrogen (secondary N) is 1. The highest BCUT2D eigenvalue weighted by Gasteiger charge is 2.08. The van der Waals surface area contributed by atoms with Crippen LogP contribution in [-0.2, 0) is 0 Å². The fraction of sp³-hybridized carbons (Fsp3) is 0.133. The molecule has 2 aromatic carbocycles. The van der Waals surface area contributed by atoms with E-state index in [4.69, 9.17) is 4.74 Å². The van der Waals surface area contributed by atoms with Gasteiger partial charge in [0, 0.05) is 11.3 Å². The van der Waals surface area contributed by atoms with E-state index in [9.17, 15) is 9.90 Å². The zero-order chi connectivity index (χ0) is 13.8. The first kappa shape index (κ1) is 13.0. The third-order valence-electron chi connectivity index (χ3n) is 2.81. The highest BCUT2D eigenvalue weighted by molar-refractivity contribution is 6.04. The second-order valence-electron chi connectivity index (χ2n) is 4.18. The average molecular weight is 257 g/mol. The van der Waals surface area contributed by atoms with Gasteiger partial charge in [0.1, 0.15) is 11.5 Å². The molecule has 0 aliphatic carbocycles. The molecule has 4 nitrogen and oxygen atoms in total. The molecule has 0 aliphatic heterocycles. The maximum Gasteiger partial charge on any atom is 0.255 e. The Hall–Kier alpha value is -2.49. The number of phenolic OH excluding ortho intramolecular Hbond substituents is 1. The summed E-state index contributed by atoms with van der Waals surface area (Å²) in [5, 5.41) is 12.1. The van der Waals surface area contributed by atoms with Gasteiger partial charge in [-0.15, -0.1) is 0 Å². The number of benzene rings is 2. The molecule has 2 N–H and O–H groups in total. The van der Waals surface area contributed by atoms with Crippen LogP contribution >= 0.6 is 0 Å². The van der Waals surface area contributed by atoms with Crippen LogP contribution in [0.25, 0.3) is 0 Å². The Morgan fingerprint density at radius 1 is 1.16 bits per heavy atom. The molecule has 0 aromatic heterocycles. The highest BCUT2D eigenvalue weighted by atomic mass is 16.5. The van der Waals surface area contributed by atoms with Crippen LogP contribution in [0, 0.1) is 6.92 Å². The SMILES string of the molecule is COc1ccc(C(=O)Nc2ccc(O)cc2C)cc1. The van der Waals surface area contributed by atoms with E-state index >= 15 is 0 Å². The molecule has 98 valence electrons. The largest absolute Gasteiger partial charge is 0.508 e. The summed E-state index contributed by atoms with van der Waals surface area (Å²) in [5.74, 6) is 0.689. The summed E-state index contributed by atoms with van der Waals surface area (Å²) < 4.78 is 5.04. The van der Waals surface area contributed by atoms with Crippen molar-refractivity contribution in [3.05, 3.63) is 53.6 Å². The van der Waals surface area contributed by atoms with Crippen LogP contribution in [0.15, 0.2) is 42.5 Å². The zero-order valence-corrected chi connectivity index (χ0v) is 10.8. The monoisotopic (exact) mass is 257 g/mol. The number of amides is 1. The molecule has 0 spiro atoms. The average Bonchev–Trinajstić information content (AvgIpc) is 2.42. The lowest BCUT2D eigenvalue weighted by Crippen LogP contribution is -2.12. The van der Waals surface area contributed by atoms with Crippen molar-refractivity contribution < 1.29 is 14.6 Å². The molecule has 0 heterocycles. The summed E-state index contributed by atoms with van der Waals surface area (Å²) in [6.45, 7) is 1.82. The number of hydrogen-bond donors (Lipinski definition) is 2. The smallest absolute Gasteiger partial charge is 0.255 e. The fourth-order valence-electron chi connectivity index (χ4n) is 1.72. The van der Waals surface area contributed by atoms with Crippen LogP contribution in [0.5, 0.6) is 11.5 Å². The van der Waals surface area contributed by atoms with Crippen LogP contribution in [-0.4, -0.2) is 18.1 Å². The molecule has 0 atom stereocenters. The van der Waals surface area contributed by atoms with Crippen molar-refractivity contribution in [2.45, 2.75) is 6.92 Å². The molecule has 0 fully saturated rings. The van der Waals surface area contributed by atoms with E-state index in [1.54, 1.807) is 43.5 Å². The molecular formula is C15H15NO3. The second-order valence-corrected chi connectivity index (χ2v) is 4.18. The number of aryl methyl sites for hydroxylation is 1. The molecule has 0 aliphatic rings. The highest BCUT2D eigenvalue weighted by Crippen LogP contribution is 2.21. The van der Waals surface area contributed by atoms with E-state index in [1.807, 2.05) is 6.92 Å². The lowest BCUT2D eigenvalue weighted by molar-refractivity contribution is 0.102. The van der Waals surface area contributed by atoms with Gasteiger partial charge in [-0.25, -0.2) is 0 Å². The zero-order valence-electron chi connectivity index (χ0n) is 10.8. The quantitative estimate of drug-likeness (QED) is 0.831. The van der Waals surface area contributed by atoms with Crippen molar-refractivity contribution in [3.8, 4) is 11.5 Å². The van der Waals surface area contributed by atoms with Crippen molar-refractivity contribution in [3.63, 3.8) is 0 Å².